The zero-order valence-electron chi connectivity index (χ0n) is 8.32. The van der Waals surface area contributed by atoms with E-state index in [1.54, 1.807) is 6.20 Å². The topological polar surface area (TPSA) is 40.7 Å². The third kappa shape index (κ3) is 2.41. The molecule has 0 amide bonds. The van der Waals surface area contributed by atoms with Crippen molar-refractivity contribution >= 4 is 23.7 Å². The first-order chi connectivity index (χ1) is 7.25. The van der Waals surface area contributed by atoms with Crippen LogP contribution in [0.15, 0.2) is 36.5 Å². The van der Waals surface area contributed by atoms with E-state index in [0.717, 1.165) is 17.2 Å². The molecule has 2 rings (SSSR count). The molecule has 2 N–H and O–H groups in total. The van der Waals surface area contributed by atoms with Crippen molar-refractivity contribution in [2.75, 3.05) is 5.32 Å². The van der Waals surface area contributed by atoms with Crippen LogP contribution in [-0.4, -0.2) is 9.97 Å². The molecule has 0 saturated carbocycles. The molecule has 4 heteroatoms. The lowest BCUT2D eigenvalue weighted by molar-refractivity contribution is 1.19. The quantitative estimate of drug-likeness (QED) is 0.759. The SMILES string of the molecule is Cc1cccc(Nc2ccc[nH]c2=S)n1. The highest BCUT2D eigenvalue weighted by Gasteiger charge is 1.97. The number of aromatic nitrogens is 2. The molecule has 2 aromatic heterocycles. The Balaban J connectivity index is 2.30. The van der Waals surface area contributed by atoms with Gasteiger partial charge in [0.2, 0.25) is 0 Å². The van der Waals surface area contributed by atoms with Gasteiger partial charge >= 0.3 is 0 Å². The van der Waals surface area contributed by atoms with Crippen LogP contribution in [0, 0.1) is 11.6 Å². The summed E-state index contributed by atoms with van der Waals surface area (Å²) in [4.78, 5) is 7.30. The molecule has 0 aliphatic heterocycles. The number of H-pyrrole nitrogens is 1. The molecule has 0 bridgehead atoms. The number of hydrogen-bond donors (Lipinski definition) is 2. The van der Waals surface area contributed by atoms with Gasteiger partial charge in [-0.15, -0.1) is 0 Å². The molecule has 0 spiro atoms. The Morgan fingerprint density at radius 1 is 1.27 bits per heavy atom. The van der Waals surface area contributed by atoms with Gasteiger partial charge in [0.15, 0.2) is 0 Å². The zero-order chi connectivity index (χ0) is 10.7. The van der Waals surface area contributed by atoms with Crippen LogP contribution in [0.2, 0.25) is 0 Å². The van der Waals surface area contributed by atoms with Crippen LogP contribution in [0.1, 0.15) is 5.69 Å². The van der Waals surface area contributed by atoms with Gasteiger partial charge in [0.05, 0.1) is 5.69 Å². The number of rotatable bonds is 2. The fourth-order valence-corrected chi connectivity index (χ4v) is 1.46. The number of aromatic amines is 1. The normalized spacial score (nSPS) is 9.93. The third-order valence-electron chi connectivity index (χ3n) is 1.97. The lowest BCUT2D eigenvalue weighted by Crippen LogP contribution is -1.95. The lowest BCUT2D eigenvalue weighted by Gasteiger charge is -2.05. The van der Waals surface area contributed by atoms with Gasteiger partial charge in [-0.1, -0.05) is 18.3 Å². The summed E-state index contributed by atoms with van der Waals surface area (Å²) >= 11 is 5.14. The van der Waals surface area contributed by atoms with Crippen molar-refractivity contribution in [1.82, 2.24) is 9.97 Å². The average Bonchev–Trinajstić information content (AvgIpc) is 2.22. The van der Waals surface area contributed by atoms with E-state index in [9.17, 15) is 0 Å². The lowest BCUT2D eigenvalue weighted by atomic mass is 10.3. The molecule has 76 valence electrons. The average molecular weight is 217 g/mol. The minimum absolute atomic E-state index is 0.681. The highest BCUT2D eigenvalue weighted by atomic mass is 32.1. The van der Waals surface area contributed by atoms with Gasteiger partial charge in [-0.3, -0.25) is 0 Å². The molecular weight excluding hydrogens is 206 g/mol. The number of pyridine rings is 2. The summed E-state index contributed by atoms with van der Waals surface area (Å²) < 4.78 is 0.681. The van der Waals surface area contributed by atoms with Crippen molar-refractivity contribution in [3.63, 3.8) is 0 Å². The van der Waals surface area contributed by atoms with Gasteiger partial charge in [-0.2, -0.15) is 0 Å². The van der Waals surface area contributed by atoms with Gasteiger partial charge in [-0.25, -0.2) is 4.98 Å². The molecule has 0 aliphatic carbocycles. The van der Waals surface area contributed by atoms with Crippen LogP contribution < -0.4 is 5.32 Å². The standard InChI is InChI=1S/C11H11N3S/c1-8-4-2-6-10(13-8)14-9-5-3-7-12-11(9)15/h2-7H,1H3,(H,12,15)(H,13,14). The number of aryl methyl sites for hydroxylation is 1. The predicted molar refractivity (Wildman–Crippen MR) is 63.9 cm³/mol. The molecule has 2 aromatic rings. The molecule has 0 fully saturated rings. The van der Waals surface area contributed by atoms with E-state index in [4.69, 9.17) is 12.2 Å². The zero-order valence-corrected chi connectivity index (χ0v) is 9.14. The summed E-state index contributed by atoms with van der Waals surface area (Å²) in [6.45, 7) is 1.96. The molecular formula is C11H11N3S. The van der Waals surface area contributed by atoms with Crippen molar-refractivity contribution in [2.45, 2.75) is 6.92 Å². The van der Waals surface area contributed by atoms with Gasteiger partial charge in [0.1, 0.15) is 10.5 Å². The second-order valence-electron chi connectivity index (χ2n) is 3.20. The number of hydrogen-bond acceptors (Lipinski definition) is 3. The smallest absolute Gasteiger partial charge is 0.130 e. The summed E-state index contributed by atoms with van der Waals surface area (Å²) in [6.07, 6.45) is 1.80. The monoisotopic (exact) mass is 217 g/mol. The Morgan fingerprint density at radius 3 is 2.87 bits per heavy atom. The molecule has 0 unspecified atom stereocenters. The van der Waals surface area contributed by atoms with Crippen LogP contribution in [0.25, 0.3) is 0 Å². The number of nitrogens with one attached hydrogen (secondary N) is 2. The Labute approximate surface area is 93.2 Å². The maximum Gasteiger partial charge on any atom is 0.130 e. The molecule has 15 heavy (non-hydrogen) atoms. The Kier molecular flexibility index (Phi) is 2.78. The summed E-state index contributed by atoms with van der Waals surface area (Å²) in [6, 6.07) is 9.64. The van der Waals surface area contributed by atoms with Gasteiger partial charge in [0.25, 0.3) is 0 Å². The van der Waals surface area contributed by atoms with Gasteiger partial charge in [-0.05, 0) is 31.2 Å². The molecule has 0 saturated heterocycles. The van der Waals surface area contributed by atoms with Crippen molar-refractivity contribution in [3.8, 4) is 0 Å². The summed E-state index contributed by atoms with van der Waals surface area (Å²) in [7, 11) is 0. The van der Waals surface area contributed by atoms with E-state index >= 15 is 0 Å². The fraction of sp³-hybridized carbons (Fsp3) is 0.0909. The fourth-order valence-electron chi connectivity index (χ4n) is 1.27. The highest BCUT2D eigenvalue weighted by Crippen LogP contribution is 2.14. The third-order valence-corrected chi connectivity index (χ3v) is 2.31. The van der Waals surface area contributed by atoms with E-state index in [2.05, 4.69) is 15.3 Å². The predicted octanol–water partition coefficient (Wildman–Crippen LogP) is 3.19. The first kappa shape index (κ1) is 9.86. The largest absolute Gasteiger partial charge is 0.351 e. The molecule has 2 heterocycles. The van der Waals surface area contributed by atoms with Crippen molar-refractivity contribution < 1.29 is 0 Å². The van der Waals surface area contributed by atoms with Crippen molar-refractivity contribution in [3.05, 3.63) is 46.9 Å². The number of anilines is 2. The minimum atomic E-state index is 0.681. The van der Waals surface area contributed by atoms with Crippen LogP contribution in [-0.2, 0) is 0 Å². The summed E-state index contributed by atoms with van der Waals surface area (Å²) in [5, 5.41) is 3.17. The van der Waals surface area contributed by atoms with Crippen LogP contribution in [0.3, 0.4) is 0 Å². The Morgan fingerprint density at radius 2 is 2.13 bits per heavy atom. The van der Waals surface area contributed by atoms with Gasteiger partial charge < -0.3 is 10.3 Å². The van der Waals surface area contributed by atoms with E-state index in [1.165, 1.54) is 0 Å². The number of nitrogens with zero attached hydrogens (tertiary/aromatic N) is 1. The Bertz CT molecular complexity index is 519. The molecule has 0 atom stereocenters. The highest BCUT2D eigenvalue weighted by molar-refractivity contribution is 7.71. The summed E-state index contributed by atoms with van der Waals surface area (Å²) in [5.41, 5.74) is 1.84. The molecule has 0 aromatic carbocycles. The maximum atomic E-state index is 5.14. The first-order valence-electron chi connectivity index (χ1n) is 4.64. The van der Waals surface area contributed by atoms with E-state index in [1.807, 2.05) is 37.3 Å². The Hall–Kier alpha value is -1.68. The van der Waals surface area contributed by atoms with Crippen molar-refractivity contribution in [2.24, 2.45) is 0 Å². The molecule has 0 aliphatic rings. The first-order valence-corrected chi connectivity index (χ1v) is 5.05. The molecule has 3 nitrogen and oxygen atoms in total. The van der Waals surface area contributed by atoms with E-state index < -0.39 is 0 Å². The van der Waals surface area contributed by atoms with Crippen molar-refractivity contribution in [1.29, 1.82) is 0 Å². The summed E-state index contributed by atoms with van der Waals surface area (Å²) in [5.74, 6) is 0.806. The van der Waals surface area contributed by atoms with Crippen LogP contribution in [0.5, 0.6) is 0 Å². The van der Waals surface area contributed by atoms with Crippen LogP contribution in [0.4, 0.5) is 11.5 Å². The van der Waals surface area contributed by atoms with Gasteiger partial charge in [0, 0.05) is 11.9 Å². The van der Waals surface area contributed by atoms with Crippen LogP contribution >= 0.6 is 12.2 Å². The second kappa shape index (κ2) is 4.23. The maximum absolute atomic E-state index is 5.14. The molecule has 0 radical (unpaired) electrons. The van der Waals surface area contributed by atoms with E-state index in [-0.39, 0.29) is 0 Å². The van der Waals surface area contributed by atoms with E-state index in [0.29, 0.717) is 4.64 Å². The second-order valence-corrected chi connectivity index (χ2v) is 3.61. The minimum Gasteiger partial charge on any atom is -0.351 e.